The minimum absolute atomic E-state index is 0.0794. The number of anilines is 1. The Balaban J connectivity index is 2.32. The molecule has 1 aliphatic heterocycles. The maximum absolute atomic E-state index is 12.2. The normalized spacial score (nSPS) is 15.8. The number of carbonyl (C=O) groups excluding carboxylic acids is 1. The van der Waals surface area contributed by atoms with Gasteiger partial charge in [-0.15, -0.1) is 0 Å². The molecule has 4 nitrogen and oxygen atoms in total. The number of thioether (sulfide) groups is 1. The fraction of sp³-hybridized carbons (Fsp3) is 0.429. The maximum atomic E-state index is 12.2. The number of hydrogen-bond donors (Lipinski definition) is 1. The highest BCUT2D eigenvalue weighted by molar-refractivity contribution is 8.15. The summed E-state index contributed by atoms with van der Waals surface area (Å²) in [6.07, 6.45) is -4.40. The van der Waals surface area contributed by atoms with Gasteiger partial charge in [-0.2, -0.15) is 13.2 Å². The van der Waals surface area contributed by atoms with Gasteiger partial charge in [0.2, 0.25) is 5.91 Å². The van der Waals surface area contributed by atoms with Crippen LogP contribution in [0.15, 0.2) is 12.1 Å². The first-order valence-electron chi connectivity index (χ1n) is 6.48. The molecule has 0 bridgehead atoms. The van der Waals surface area contributed by atoms with Crippen molar-refractivity contribution in [1.29, 1.82) is 5.41 Å². The molecule has 0 unspecified atom stereocenters. The molecule has 1 heterocycles. The van der Waals surface area contributed by atoms with E-state index in [1.165, 1.54) is 4.90 Å². The van der Waals surface area contributed by atoms with Gasteiger partial charge in [-0.3, -0.25) is 15.1 Å². The van der Waals surface area contributed by atoms with Crippen LogP contribution < -0.4 is 4.90 Å². The van der Waals surface area contributed by atoms with Gasteiger partial charge in [0.15, 0.2) is 5.17 Å². The summed E-state index contributed by atoms with van der Waals surface area (Å²) in [6.45, 7) is 2.01. The molecule has 1 saturated heterocycles. The van der Waals surface area contributed by atoms with Crippen LogP contribution in [-0.4, -0.2) is 29.6 Å². The first-order valence-corrected chi connectivity index (χ1v) is 7.47. The van der Waals surface area contributed by atoms with Gasteiger partial charge in [0.25, 0.3) is 0 Å². The molecule has 0 radical (unpaired) electrons. The van der Waals surface area contributed by atoms with Crippen molar-refractivity contribution in [3.8, 4) is 0 Å². The number of halogens is 3. The van der Waals surface area contributed by atoms with Gasteiger partial charge in [0.1, 0.15) is 6.61 Å². The lowest BCUT2D eigenvalue weighted by Gasteiger charge is -2.23. The maximum Gasteiger partial charge on any atom is 0.411 e. The third kappa shape index (κ3) is 3.61. The Bertz CT molecular complexity index is 601. The Morgan fingerprint density at radius 2 is 2.05 bits per heavy atom. The van der Waals surface area contributed by atoms with Crippen LogP contribution in [0.4, 0.5) is 18.9 Å². The molecule has 0 saturated carbocycles. The monoisotopic (exact) mass is 332 g/mol. The van der Waals surface area contributed by atoms with Crippen LogP contribution in [0.25, 0.3) is 0 Å². The Morgan fingerprint density at radius 3 is 2.59 bits per heavy atom. The number of alkyl halides is 3. The van der Waals surface area contributed by atoms with Crippen LogP contribution in [0.1, 0.15) is 16.7 Å². The van der Waals surface area contributed by atoms with Crippen molar-refractivity contribution >= 4 is 28.5 Å². The largest absolute Gasteiger partial charge is 0.411 e. The molecule has 0 aliphatic carbocycles. The average Bonchev–Trinajstić information content (AvgIpc) is 2.73. The number of amides is 1. The summed E-state index contributed by atoms with van der Waals surface area (Å²) in [5.74, 6) is -0.0875. The second-order valence-corrected chi connectivity index (χ2v) is 5.91. The first kappa shape index (κ1) is 16.8. The van der Waals surface area contributed by atoms with Crippen molar-refractivity contribution in [1.82, 2.24) is 0 Å². The summed E-state index contributed by atoms with van der Waals surface area (Å²) in [6, 6.07) is 3.40. The van der Waals surface area contributed by atoms with Crippen molar-refractivity contribution in [2.45, 2.75) is 26.6 Å². The number of aryl methyl sites for hydroxylation is 1. The quantitative estimate of drug-likeness (QED) is 0.919. The number of ether oxygens (including phenoxy) is 1. The molecule has 1 aliphatic rings. The van der Waals surface area contributed by atoms with Gasteiger partial charge in [-0.05, 0) is 25.0 Å². The lowest BCUT2D eigenvalue weighted by atomic mass is 10.0. The van der Waals surface area contributed by atoms with Crippen LogP contribution in [0.5, 0.6) is 0 Å². The summed E-state index contributed by atoms with van der Waals surface area (Å²) in [5.41, 5.74) is 2.58. The Kier molecular flexibility index (Phi) is 4.81. The molecular formula is C14H15F3N2O2S. The molecular weight excluding hydrogens is 317 g/mol. The van der Waals surface area contributed by atoms with Crippen molar-refractivity contribution in [3.05, 3.63) is 28.8 Å². The Morgan fingerprint density at radius 1 is 1.36 bits per heavy atom. The molecule has 0 spiro atoms. The first-order chi connectivity index (χ1) is 10.2. The summed E-state index contributed by atoms with van der Waals surface area (Å²) in [4.78, 5) is 13.2. The van der Waals surface area contributed by atoms with Gasteiger partial charge in [-0.25, -0.2) is 0 Å². The predicted molar refractivity (Wildman–Crippen MR) is 79.3 cm³/mol. The standard InChI is InChI=1S/C14H15F3N2O2S/c1-8-3-4-10(5-21-7-14(15,16)17)12(9(8)2)19-11(20)6-22-13(19)18/h3-4,18H,5-7H2,1-2H3. The van der Waals surface area contributed by atoms with E-state index in [1.807, 2.05) is 6.92 Å². The van der Waals surface area contributed by atoms with E-state index >= 15 is 0 Å². The summed E-state index contributed by atoms with van der Waals surface area (Å²) in [7, 11) is 0. The zero-order valence-electron chi connectivity index (χ0n) is 12.1. The van der Waals surface area contributed by atoms with Crippen molar-refractivity contribution in [3.63, 3.8) is 0 Å². The lowest BCUT2D eigenvalue weighted by molar-refractivity contribution is -0.176. The Hall–Kier alpha value is -1.54. The molecule has 8 heteroatoms. The topological polar surface area (TPSA) is 53.4 Å². The minimum atomic E-state index is -4.40. The van der Waals surface area contributed by atoms with Crippen molar-refractivity contribution in [2.24, 2.45) is 0 Å². The van der Waals surface area contributed by atoms with E-state index in [0.29, 0.717) is 11.3 Å². The molecule has 0 atom stereocenters. The fourth-order valence-electron chi connectivity index (χ4n) is 2.16. The van der Waals surface area contributed by atoms with Gasteiger partial charge < -0.3 is 4.74 Å². The predicted octanol–water partition coefficient (Wildman–Crippen LogP) is 3.40. The number of hydrogen-bond acceptors (Lipinski definition) is 4. The highest BCUT2D eigenvalue weighted by atomic mass is 32.2. The second kappa shape index (κ2) is 6.29. The van der Waals surface area contributed by atoms with E-state index in [1.54, 1.807) is 19.1 Å². The van der Waals surface area contributed by atoms with Crippen LogP contribution >= 0.6 is 11.8 Å². The van der Waals surface area contributed by atoms with E-state index in [9.17, 15) is 18.0 Å². The highest BCUT2D eigenvalue weighted by Crippen LogP contribution is 2.34. The molecule has 22 heavy (non-hydrogen) atoms. The highest BCUT2D eigenvalue weighted by Gasteiger charge is 2.32. The van der Waals surface area contributed by atoms with Gasteiger partial charge in [0.05, 0.1) is 18.0 Å². The fourth-order valence-corrected chi connectivity index (χ4v) is 2.87. The molecule has 1 fully saturated rings. The number of nitrogens with zero attached hydrogens (tertiary/aromatic N) is 1. The Labute approximate surface area is 130 Å². The van der Waals surface area contributed by atoms with Crippen molar-refractivity contribution < 1.29 is 22.7 Å². The minimum Gasteiger partial charge on any atom is -0.367 e. The van der Waals surface area contributed by atoms with Gasteiger partial charge in [0, 0.05) is 5.56 Å². The second-order valence-electron chi connectivity index (χ2n) is 4.95. The van der Waals surface area contributed by atoms with Crippen LogP contribution in [0, 0.1) is 19.3 Å². The molecule has 1 aromatic rings. The number of nitrogens with one attached hydrogen (secondary N) is 1. The SMILES string of the molecule is Cc1ccc(COCC(F)(F)F)c(N2C(=N)SCC2=O)c1C. The molecule has 1 aromatic carbocycles. The zero-order chi connectivity index (χ0) is 16.5. The van der Waals surface area contributed by atoms with E-state index in [0.717, 1.165) is 22.9 Å². The number of amidine groups is 1. The molecule has 2 rings (SSSR count). The molecule has 120 valence electrons. The van der Waals surface area contributed by atoms with E-state index < -0.39 is 12.8 Å². The van der Waals surface area contributed by atoms with Crippen LogP contribution in [0.3, 0.4) is 0 Å². The molecule has 0 aromatic heterocycles. The van der Waals surface area contributed by atoms with Gasteiger partial charge >= 0.3 is 6.18 Å². The summed E-state index contributed by atoms with van der Waals surface area (Å²) in [5, 5.41) is 7.94. The summed E-state index contributed by atoms with van der Waals surface area (Å²) >= 11 is 1.10. The number of benzene rings is 1. The smallest absolute Gasteiger partial charge is 0.367 e. The summed E-state index contributed by atoms with van der Waals surface area (Å²) < 4.78 is 41.3. The van der Waals surface area contributed by atoms with E-state index in [2.05, 4.69) is 0 Å². The van der Waals surface area contributed by atoms with E-state index in [-0.39, 0.29) is 23.4 Å². The zero-order valence-corrected chi connectivity index (χ0v) is 12.9. The lowest BCUT2D eigenvalue weighted by Crippen LogP contribution is -2.30. The number of carbonyl (C=O) groups is 1. The number of rotatable bonds is 4. The molecule has 1 amide bonds. The van der Waals surface area contributed by atoms with Crippen LogP contribution in [0.2, 0.25) is 0 Å². The average molecular weight is 332 g/mol. The molecule has 1 N–H and O–H groups in total. The van der Waals surface area contributed by atoms with Gasteiger partial charge in [-0.1, -0.05) is 23.9 Å². The van der Waals surface area contributed by atoms with Crippen molar-refractivity contribution in [2.75, 3.05) is 17.3 Å². The third-order valence-corrected chi connectivity index (χ3v) is 4.16. The van der Waals surface area contributed by atoms with E-state index in [4.69, 9.17) is 10.1 Å². The third-order valence-electron chi connectivity index (χ3n) is 3.32. The van der Waals surface area contributed by atoms with Crippen LogP contribution in [-0.2, 0) is 16.1 Å².